The van der Waals surface area contributed by atoms with Gasteiger partial charge in [-0.05, 0) is 17.7 Å². The monoisotopic (exact) mass is 272 g/mol. The number of hydrogen-bond acceptors (Lipinski definition) is 2. The van der Waals surface area contributed by atoms with Crippen molar-refractivity contribution in [1.29, 1.82) is 0 Å². The summed E-state index contributed by atoms with van der Waals surface area (Å²) in [5.74, 6) is -2.29. The van der Waals surface area contributed by atoms with E-state index in [-0.39, 0.29) is 5.56 Å². The van der Waals surface area contributed by atoms with Gasteiger partial charge in [-0.25, -0.2) is 13.6 Å². The molecule has 0 bridgehead atoms. The van der Waals surface area contributed by atoms with Gasteiger partial charge in [-0.15, -0.1) is 0 Å². The summed E-state index contributed by atoms with van der Waals surface area (Å²) < 4.78 is 29.8. The Morgan fingerprint density at radius 1 is 1.28 bits per heavy atom. The number of halogens is 3. The van der Waals surface area contributed by atoms with Gasteiger partial charge >= 0.3 is 5.97 Å². The van der Waals surface area contributed by atoms with E-state index >= 15 is 0 Å². The van der Waals surface area contributed by atoms with Gasteiger partial charge < -0.3 is 9.52 Å². The molecule has 1 aromatic heterocycles. The molecule has 2 rings (SSSR count). The molecular weight excluding hydrogens is 266 g/mol. The molecule has 0 radical (unpaired) electrons. The Kier molecular flexibility index (Phi) is 3.34. The van der Waals surface area contributed by atoms with Crippen molar-refractivity contribution in [3.05, 3.63) is 46.9 Å². The fourth-order valence-electron chi connectivity index (χ4n) is 1.60. The number of benzene rings is 1. The van der Waals surface area contributed by atoms with Gasteiger partial charge in [-0.1, -0.05) is 23.7 Å². The zero-order valence-electron chi connectivity index (χ0n) is 8.86. The third-order valence-corrected chi connectivity index (χ3v) is 2.64. The SMILES string of the molecule is O=C(O)c1c(-c2ccc(Cl)cc2)coc1C(F)F. The highest BCUT2D eigenvalue weighted by atomic mass is 35.5. The molecule has 0 aliphatic heterocycles. The summed E-state index contributed by atoms with van der Waals surface area (Å²) in [6.07, 6.45) is -1.97. The van der Waals surface area contributed by atoms with Gasteiger partial charge in [0.15, 0.2) is 5.76 Å². The minimum atomic E-state index is -2.97. The van der Waals surface area contributed by atoms with Gasteiger partial charge in [-0.2, -0.15) is 0 Å². The van der Waals surface area contributed by atoms with Gasteiger partial charge in [-0.3, -0.25) is 0 Å². The molecule has 0 fully saturated rings. The van der Waals surface area contributed by atoms with Gasteiger partial charge in [0.1, 0.15) is 5.56 Å². The van der Waals surface area contributed by atoms with E-state index in [1.165, 1.54) is 24.3 Å². The van der Waals surface area contributed by atoms with E-state index in [4.69, 9.17) is 16.7 Å². The summed E-state index contributed by atoms with van der Waals surface area (Å²) >= 11 is 5.70. The van der Waals surface area contributed by atoms with E-state index < -0.39 is 23.7 Å². The first-order valence-corrected chi connectivity index (χ1v) is 5.27. The van der Waals surface area contributed by atoms with Crippen molar-refractivity contribution in [2.75, 3.05) is 0 Å². The molecule has 3 nitrogen and oxygen atoms in total. The lowest BCUT2D eigenvalue weighted by Crippen LogP contribution is -2.01. The Balaban J connectivity index is 2.58. The van der Waals surface area contributed by atoms with Crippen LogP contribution in [0.3, 0.4) is 0 Å². The number of carboxylic acids is 1. The molecule has 0 aliphatic rings. The average molecular weight is 273 g/mol. The van der Waals surface area contributed by atoms with Crippen molar-refractivity contribution in [3.8, 4) is 11.1 Å². The lowest BCUT2D eigenvalue weighted by Gasteiger charge is -2.01. The van der Waals surface area contributed by atoms with Crippen molar-refractivity contribution in [1.82, 2.24) is 0 Å². The molecule has 1 N–H and O–H groups in total. The van der Waals surface area contributed by atoms with Gasteiger partial charge in [0, 0.05) is 10.6 Å². The number of carbonyl (C=O) groups is 1. The molecule has 0 unspecified atom stereocenters. The van der Waals surface area contributed by atoms with Crippen LogP contribution in [0.4, 0.5) is 8.78 Å². The number of alkyl halides is 2. The number of carboxylic acid groups (broad SMARTS) is 1. The molecule has 1 heterocycles. The van der Waals surface area contributed by atoms with Crippen LogP contribution in [0.5, 0.6) is 0 Å². The van der Waals surface area contributed by atoms with E-state index in [2.05, 4.69) is 4.42 Å². The van der Waals surface area contributed by atoms with E-state index in [1.54, 1.807) is 0 Å². The molecule has 0 atom stereocenters. The quantitative estimate of drug-likeness (QED) is 0.909. The molecule has 0 spiro atoms. The van der Waals surface area contributed by atoms with Gasteiger partial charge in [0.05, 0.1) is 6.26 Å². The van der Waals surface area contributed by atoms with Gasteiger partial charge in [0.2, 0.25) is 0 Å². The largest absolute Gasteiger partial charge is 0.478 e. The van der Waals surface area contributed by atoms with Crippen LogP contribution < -0.4 is 0 Å². The summed E-state index contributed by atoms with van der Waals surface area (Å²) in [5, 5.41) is 9.45. The minimum Gasteiger partial charge on any atom is -0.478 e. The zero-order valence-corrected chi connectivity index (χ0v) is 9.62. The smallest absolute Gasteiger partial charge is 0.340 e. The van der Waals surface area contributed by atoms with E-state index in [9.17, 15) is 13.6 Å². The highest BCUT2D eigenvalue weighted by Crippen LogP contribution is 2.34. The van der Waals surface area contributed by atoms with Crippen molar-refractivity contribution in [2.24, 2.45) is 0 Å². The number of rotatable bonds is 3. The summed E-state index contributed by atoms with van der Waals surface area (Å²) in [7, 11) is 0. The summed E-state index contributed by atoms with van der Waals surface area (Å²) in [6, 6.07) is 6.15. The summed E-state index contributed by atoms with van der Waals surface area (Å²) in [4.78, 5) is 11.0. The maximum atomic E-state index is 12.6. The summed E-state index contributed by atoms with van der Waals surface area (Å²) in [6.45, 7) is 0. The molecule has 0 amide bonds. The molecule has 2 aromatic rings. The Morgan fingerprint density at radius 2 is 1.89 bits per heavy atom. The fourth-order valence-corrected chi connectivity index (χ4v) is 1.72. The standard InChI is InChI=1S/C12H7ClF2O3/c13-7-3-1-6(2-4-7)8-5-18-10(11(14)15)9(8)12(16)17/h1-5,11H,(H,16,17). The van der Waals surface area contributed by atoms with Crippen molar-refractivity contribution in [2.45, 2.75) is 6.43 Å². The molecule has 94 valence electrons. The van der Waals surface area contributed by atoms with Crippen LogP contribution in [0.1, 0.15) is 22.5 Å². The Hall–Kier alpha value is -1.88. The molecule has 6 heteroatoms. The third-order valence-electron chi connectivity index (χ3n) is 2.39. The number of hydrogen-bond donors (Lipinski definition) is 1. The molecule has 0 saturated heterocycles. The number of aromatic carboxylic acids is 1. The second-order valence-electron chi connectivity index (χ2n) is 3.50. The number of furan rings is 1. The van der Waals surface area contributed by atoms with Crippen LogP contribution in [0.2, 0.25) is 5.02 Å². The van der Waals surface area contributed by atoms with E-state index in [1.807, 2.05) is 0 Å². The van der Waals surface area contributed by atoms with E-state index in [0.717, 1.165) is 6.26 Å². The Labute approximate surface area is 106 Å². The topological polar surface area (TPSA) is 50.4 Å². The zero-order chi connectivity index (χ0) is 13.3. The average Bonchev–Trinajstić information content (AvgIpc) is 2.74. The second-order valence-corrected chi connectivity index (χ2v) is 3.94. The highest BCUT2D eigenvalue weighted by molar-refractivity contribution is 6.30. The highest BCUT2D eigenvalue weighted by Gasteiger charge is 2.26. The van der Waals surface area contributed by atoms with Crippen LogP contribution >= 0.6 is 11.6 Å². The van der Waals surface area contributed by atoms with E-state index in [0.29, 0.717) is 10.6 Å². The first-order valence-electron chi connectivity index (χ1n) is 4.89. The first kappa shape index (κ1) is 12.6. The lowest BCUT2D eigenvalue weighted by atomic mass is 10.0. The first-order chi connectivity index (χ1) is 8.50. The van der Waals surface area contributed by atoms with Crippen LogP contribution in [-0.4, -0.2) is 11.1 Å². The van der Waals surface area contributed by atoms with Crippen LogP contribution in [0.15, 0.2) is 34.9 Å². The van der Waals surface area contributed by atoms with Gasteiger partial charge in [0.25, 0.3) is 6.43 Å². The van der Waals surface area contributed by atoms with Crippen molar-refractivity contribution in [3.63, 3.8) is 0 Å². The normalized spacial score (nSPS) is 10.9. The van der Waals surface area contributed by atoms with Crippen LogP contribution in [0.25, 0.3) is 11.1 Å². The predicted molar refractivity (Wildman–Crippen MR) is 61.1 cm³/mol. The maximum absolute atomic E-state index is 12.6. The molecule has 0 saturated carbocycles. The minimum absolute atomic E-state index is 0.106. The van der Waals surface area contributed by atoms with Crippen molar-refractivity contribution >= 4 is 17.6 Å². The predicted octanol–water partition coefficient (Wildman–Crippen LogP) is 4.24. The molecule has 1 aromatic carbocycles. The third kappa shape index (κ3) is 2.22. The van der Waals surface area contributed by atoms with Crippen LogP contribution in [0, 0.1) is 0 Å². The maximum Gasteiger partial charge on any atom is 0.340 e. The second kappa shape index (κ2) is 4.78. The molecule has 0 aliphatic carbocycles. The Bertz CT molecular complexity index is 576. The molecule has 18 heavy (non-hydrogen) atoms. The molecular formula is C12H7ClF2O3. The summed E-state index contributed by atoms with van der Waals surface area (Å²) in [5.41, 5.74) is 0.0363. The van der Waals surface area contributed by atoms with Crippen molar-refractivity contribution < 1.29 is 23.1 Å². The lowest BCUT2D eigenvalue weighted by molar-refractivity contribution is 0.0674. The fraction of sp³-hybridized carbons (Fsp3) is 0.0833. The Morgan fingerprint density at radius 3 is 2.39 bits per heavy atom. The van der Waals surface area contributed by atoms with Crippen LogP contribution in [-0.2, 0) is 0 Å².